The molecule has 196 valence electrons. The summed E-state index contributed by atoms with van der Waals surface area (Å²) in [6, 6.07) is 15.1. The molecule has 10 nitrogen and oxygen atoms in total. The van der Waals surface area contributed by atoms with Gasteiger partial charge in [-0.1, -0.05) is 24.3 Å². The van der Waals surface area contributed by atoms with Crippen molar-refractivity contribution in [1.29, 1.82) is 0 Å². The number of nitrogens with one attached hydrogen (secondary N) is 1. The SMILES string of the molecule is CC(=O)c1ccccc1C(=O)N(O)c1ccnc(Cc2ccc(C(=O)O)c(C(=O)Nc3ccncc3C)c2)c1. The zero-order valence-corrected chi connectivity index (χ0v) is 21.1. The van der Waals surface area contributed by atoms with Crippen molar-refractivity contribution >= 4 is 34.9 Å². The van der Waals surface area contributed by atoms with Crippen LogP contribution in [0.5, 0.6) is 0 Å². The molecule has 0 atom stereocenters. The highest BCUT2D eigenvalue weighted by Gasteiger charge is 2.22. The van der Waals surface area contributed by atoms with E-state index in [-0.39, 0.29) is 40.1 Å². The first-order chi connectivity index (χ1) is 18.7. The maximum Gasteiger partial charge on any atom is 0.336 e. The highest BCUT2D eigenvalue weighted by atomic mass is 16.5. The van der Waals surface area contributed by atoms with Crippen molar-refractivity contribution in [2.45, 2.75) is 20.3 Å². The summed E-state index contributed by atoms with van der Waals surface area (Å²) < 4.78 is 0. The number of carbonyl (C=O) groups excluding carboxylic acids is 3. The molecule has 4 rings (SSSR count). The molecule has 0 fully saturated rings. The van der Waals surface area contributed by atoms with Gasteiger partial charge in [0, 0.05) is 42.0 Å². The minimum atomic E-state index is -1.25. The van der Waals surface area contributed by atoms with Crippen molar-refractivity contribution < 1.29 is 29.5 Å². The standard InChI is InChI=1S/C29H24N4O6/c1-17-16-30-11-10-26(17)32-27(35)25-14-19(7-8-24(25)29(37)38)13-20-15-21(9-12-31-20)33(39)28(36)23-6-4-3-5-22(23)18(2)34/h3-12,14-16,39H,13H2,1-2H3,(H,37,38)(H,30,32,35). The first kappa shape index (κ1) is 26.8. The first-order valence-electron chi connectivity index (χ1n) is 11.8. The molecule has 2 amide bonds. The number of rotatable bonds is 8. The molecule has 0 bridgehead atoms. The van der Waals surface area contributed by atoms with Crippen LogP contribution in [0, 0.1) is 6.92 Å². The lowest BCUT2D eigenvalue weighted by atomic mass is 10.00. The van der Waals surface area contributed by atoms with Crippen molar-refractivity contribution in [3.8, 4) is 0 Å². The van der Waals surface area contributed by atoms with Gasteiger partial charge >= 0.3 is 5.97 Å². The van der Waals surface area contributed by atoms with E-state index in [1.807, 2.05) is 0 Å². The van der Waals surface area contributed by atoms with Gasteiger partial charge in [0.2, 0.25) is 0 Å². The molecule has 0 aliphatic heterocycles. The fourth-order valence-corrected chi connectivity index (χ4v) is 3.99. The highest BCUT2D eigenvalue weighted by molar-refractivity contribution is 6.12. The summed E-state index contributed by atoms with van der Waals surface area (Å²) in [6.45, 7) is 3.10. The smallest absolute Gasteiger partial charge is 0.336 e. The number of hydrogen-bond acceptors (Lipinski definition) is 7. The third-order valence-electron chi connectivity index (χ3n) is 5.99. The number of carboxylic acid groups (broad SMARTS) is 1. The second-order valence-corrected chi connectivity index (χ2v) is 8.73. The average Bonchev–Trinajstić information content (AvgIpc) is 2.93. The van der Waals surface area contributed by atoms with Crippen LogP contribution in [0.25, 0.3) is 0 Å². The number of aromatic carboxylic acids is 1. The average molecular weight is 525 g/mol. The Bertz CT molecular complexity index is 1600. The lowest BCUT2D eigenvalue weighted by Crippen LogP contribution is -2.28. The molecular formula is C29H24N4O6. The summed E-state index contributed by atoms with van der Waals surface area (Å²) in [6.07, 6.45) is 4.68. The molecule has 39 heavy (non-hydrogen) atoms. The zero-order valence-electron chi connectivity index (χ0n) is 21.1. The van der Waals surface area contributed by atoms with Crippen LogP contribution in [-0.2, 0) is 6.42 Å². The van der Waals surface area contributed by atoms with E-state index in [0.717, 1.165) is 0 Å². The maximum atomic E-state index is 13.0. The number of anilines is 2. The Labute approximate surface area is 223 Å². The number of carboxylic acids is 1. The number of hydroxylamine groups is 1. The summed E-state index contributed by atoms with van der Waals surface area (Å²) in [5.74, 6) is -2.94. The maximum absolute atomic E-state index is 13.0. The third-order valence-corrected chi connectivity index (χ3v) is 5.99. The van der Waals surface area contributed by atoms with Crippen LogP contribution in [0.4, 0.5) is 11.4 Å². The summed E-state index contributed by atoms with van der Waals surface area (Å²) in [5, 5.41) is 23.4. The van der Waals surface area contributed by atoms with Gasteiger partial charge in [0.1, 0.15) is 0 Å². The number of hydrogen-bond donors (Lipinski definition) is 3. The molecule has 0 spiro atoms. The molecule has 0 radical (unpaired) electrons. The third kappa shape index (κ3) is 6.03. The van der Waals surface area contributed by atoms with Crippen LogP contribution in [0.1, 0.15) is 65.2 Å². The van der Waals surface area contributed by atoms with Gasteiger partial charge in [-0.3, -0.25) is 29.6 Å². The molecule has 0 aliphatic carbocycles. The Morgan fingerprint density at radius 3 is 2.33 bits per heavy atom. The lowest BCUT2D eigenvalue weighted by molar-refractivity contribution is 0.0692. The minimum Gasteiger partial charge on any atom is -0.478 e. The molecule has 3 N–H and O–H groups in total. The number of ketones is 1. The van der Waals surface area contributed by atoms with E-state index in [4.69, 9.17) is 0 Å². The molecule has 2 aromatic heterocycles. The van der Waals surface area contributed by atoms with Gasteiger partial charge in [-0.15, -0.1) is 0 Å². The van der Waals surface area contributed by atoms with Crippen molar-refractivity contribution in [3.05, 3.63) is 118 Å². The topological polar surface area (TPSA) is 150 Å². The molecule has 0 saturated heterocycles. The Morgan fingerprint density at radius 1 is 0.897 bits per heavy atom. The second-order valence-electron chi connectivity index (χ2n) is 8.73. The minimum absolute atomic E-state index is 0.0350. The van der Waals surface area contributed by atoms with E-state index in [2.05, 4.69) is 15.3 Å². The van der Waals surface area contributed by atoms with E-state index in [9.17, 15) is 29.5 Å². The van der Waals surface area contributed by atoms with Gasteiger partial charge in [0.05, 0.1) is 22.4 Å². The van der Waals surface area contributed by atoms with Crippen LogP contribution in [0.3, 0.4) is 0 Å². The monoisotopic (exact) mass is 524 g/mol. The fourth-order valence-electron chi connectivity index (χ4n) is 3.99. The Balaban J connectivity index is 1.60. The van der Waals surface area contributed by atoms with E-state index >= 15 is 0 Å². The summed E-state index contributed by atoms with van der Waals surface area (Å²) >= 11 is 0. The predicted molar refractivity (Wildman–Crippen MR) is 142 cm³/mol. The fraction of sp³-hybridized carbons (Fsp3) is 0.103. The van der Waals surface area contributed by atoms with Crippen LogP contribution < -0.4 is 10.4 Å². The zero-order chi connectivity index (χ0) is 28.1. The summed E-state index contributed by atoms with van der Waals surface area (Å²) in [5.41, 5.74) is 2.40. The molecule has 0 unspecified atom stereocenters. The van der Waals surface area contributed by atoms with E-state index in [1.54, 1.807) is 37.4 Å². The molecule has 10 heteroatoms. The van der Waals surface area contributed by atoms with Crippen LogP contribution in [0.2, 0.25) is 0 Å². The number of aromatic nitrogens is 2. The molecule has 2 aromatic carbocycles. The predicted octanol–water partition coefficient (Wildman–Crippen LogP) is 4.56. The molecule has 0 saturated carbocycles. The molecular weight excluding hydrogens is 500 g/mol. The number of Topliss-reactive ketones (excluding diaryl/α,β-unsaturated/α-hetero) is 1. The van der Waals surface area contributed by atoms with Gasteiger partial charge in [-0.05, 0) is 61.4 Å². The van der Waals surface area contributed by atoms with E-state index in [0.29, 0.717) is 27.6 Å². The second kappa shape index (κ2) is 11.4. The molecule has 4 aromatic rings. The number of carbonyl (C=O) groups is 4. The van der Waals surface area contributed by atoms with Crippen molar-refractivity contribution in [3.63, 3.8) is 0 Å². The molecule has 0 aliphatic rings. The summed E-state index contributed by atoms with van der Waals surface area (Å²) in [4.78, 5) is 57.9. The van der Waals surface area contributed by atoms with Crippen LogP contribution >= 0.6 is 0 Å². The van der Waals surface area contributed by atoms with Crippen LogP contribution in [-0.4, -0.2) is 43.8 Å². The van der Waals surface area contributed by atoms with E-state index < -0.39 is 17.8 Å². The number of benzene rings is 2. The quantitative estimate of drug-likeness (QED) is 0.172. The number of aryl methyl sites for hydroxylation is 1. The largest absolute Gasteiger partial charge is 0.478 e. The van der Waals surface area contributed by atoms with Gasteiger partial charge in [0.15, 0.2) is 5.78 Å². The first-order valence-corrected chi connectivity index (χ1v) is 11.8. The van der Waals surface area contributed by atoms with Gasteiger partial charge < -0.3 is 10.4 Å². The van der Waals surface area contributed by atoms with Crippen molar-refractivity contribution in [2.75, 3.05) is 10.4 Å². The number of amides is 2. The van der Waals surface area contributed by atoms with Crippen molar-refractivity contribution in [1.82, 2.24) is 9.97 Å². The Morgan fingerprint density at radius 2 is 1.64 bits per heavy atom. The lowest BCUT2D eigenvalue weighted by Gasteiger charge is -2.17. The Hall–Kier alpha value is -5.22. The van der Waals surface area contributed by atoms with Gasteiger partial charge in [-0.25, -0.2) is 4.79 Å². The van der Waals surface area contributed by atoms with E-state index in [1.165, 1.54) is 55.7 Å². The number of pyridine rings is 2. The van der Waals surface area contributed by atoms with Crippen LogP contribution in [0.15, 0.2) is 79.3 Å². The Kier molecular flexibility index (Phi) is 7.88. The normalized spacial score (nSPS) is 10.5. The van der Waals surface area contributed by atoms with Crippen molar-refractivity contribution in [2.24, 2.45) is 0 Å². The summed E-state index contributed by atoms with van der Waals surface area (Å²) in [7, 11) is 0. The molecule has 2 heterocycles. The highest BCUT2D eigenvalue weighted by Crippen LogP contribution is 2.22. The van der Waals surface area contributed by atoms with Gasteiger partial charge in [-0.2, -0.15) is 5.06 Å². The number of nitrogens with zero attached hydrogens (tertiary/aromatic N) is 3. The van der Waals surface area contributed by atoms with Gasteiger partial charge in [0.25, 0.3) is 11.8 Å².